The zero-order chi connectivity index (χ0) is 18.5. The fraction of sp³-hybridized carbons (Fsp3) is 0.150. The highest BCUT2D eigenvalue weighted by atomic mass is 16.5. The lowest BCUT2D eigenvalue weighted by molar-refractivity contribution is 0.0986. The Morgan fingerprint density at radius 1 is 1.12 bits per heavy atom. The lowest BCUT2D eigenvalue weighted by atomic mass is 10.1. The van der Waals surface area contributed by atoms with E-state index < -0.39 is 0 Å². The van der Waals surface area contributed by atoms with Crippen LogP contribution >= 0.6 is 0 Å². The molecule has 0 atom stereocenters. The topological polar surface area (TPSA) is 88.8 Å². The summed E-state index contributed by atoms with van der Waals surface area (Å²) in [4.78, 5) is 25.1. The van der Waals surface area contributed by atoms with E-state index in [0.717, 1.165) is 5.56 Å². The molecule has 0 saturated carbocycles. The number of nitrogens with zero attached hydrogens (tertiary/aromatic N) is 4. The van der Waals surface area contributed by atoms with Gasteiger partial charge in [-0.2, -0.15) is 5.26 Å². The van der Waals surface area contributed by atoms with E-state index in [2.05, 4.69) is 15.0 Å². The van der Waals surface area contributed by atoms with Crippen LogP contribution in [0.3, 0.4) is 0 Å². The van der Waals surface area contributed by atoms with Gasteiger partial charge in [0.2, 0.25) is 0 Å². The predicted octanol–water partition coefficient (Wildman–Crippen LogP) is 3.58. The molecular formula is C20H16N4O2. The maximum absolute atomic E-state index is 12.5. The smallest absolute Gasteiger partial charge is 0.187 e. The number of ether oxygens (including phenoxy) is 1. The van der Waals surface area contributed by atoms with Gasteiger partial charge in [0.1, 0.15) is 23.3 Å². The number of nitriles is 1. The van der Waals surface area contributed by atoms with Crippen LogP contribution in [0.15, 0.2) is 48.9 Å². The largest absolute Gasteiger partial charge is 0.456 e. The van der Waals surface area contributed by atoms with Crippen molar-refractivity contribution in [2.24, 2.45) is 0 Å². The molecule has 128 valence electrons. The van der Waals surface area contributed by atoms with Gasteiger partial charge in [0, 0.05) is 42.0 Å². The van der Waals surface area contributed by atoms with Crippen molar-refractivity contribution >= 4 is 5.78 Å². The highest BCUT2D eigenvalue weighted by Crippen LogP contribution is 2.23. The molecule has 0 aliphatic heterocycles. The Morgan fingerprint density at radius 2 is 1.96 bits per heavy atom. The van der Waals surface area contributed by atoms with Crippen LogP contribution in [0.2, 0.25) is 0 Å². The average Bonchev–Trinajstić information content (AvgIpc) is 2.63. The summed E-state index contributed by atoms with van der Waals surface area (Å²) in [6.45, 7) is 3.73. The molecule has 3 heterocycles. The van der Waals surface area contributed by atoms with Crippen LogP contribution in [-0.4, -0.2) is 20.7 Å². The Labute approximate surface area is 151 Å². The Kier molecular flexibility index (Phi) is 4.99. The standard InChI is InChI=1S/C20H16N4O2/c1-13-3-4-16(23-10-13)7-20(25)19-8-17(5-14(2)24-19)26-18-6-15(9-21)11-22-12-18/h3-6,8,10-12H,7H2,1-2H3. The van der Waals surface area contributed by atoms with Gasteiger partial charge in [-0.15, -0.1) is 0 Å². The van der Waals surface area contributed by atoms with Gasteiger partial charge in [0.05, 0.1) is 18.2 Å². The summed E-state index contributed by atoms with van der Waals surface area (Å²) in [5.74, 6) is 0.752. The molecule has 26 heavy (non-hydrogen) atoms. The van der Waals surface area contributed by atoms with Crippen LogP contribution < -0.4 is 4.74 Å². The van der Waals surface area contributed by atoms with Crippen LogP contribution in [0.25, 0.3) is 0 Å². The van der Waals surface area contributed by atoms with Crippen molar-refractivity contribution in [2.45, 2.75) is 20.3 Å². The second-order valence-corrected chi connectivity index (χ2v) is 5.88. The first kappa shape index (κ1) is 17.2. The second kappa shape index (κ2) is 7.53. The molecule has 0 fully saturated rings. The number of Topliss-reactive ketones (excluding diaryl/α,β-unsaturated/α-hetero) is 1. The SMILES string of the molecule is Cc1ccc(CC(=O)c2cc(Oc3cncc(C#N)c3)cc(C)n2)nc1. The lowest BCUT2D eigenvalue weighted by Gasteiger charge is -2.08. The number of hydrogen-bond acceptors (Lipinski definition) is 6. The van der Waals surface area contributed by atoms with Gasteiger partial charge in [0.15, 0.2) is 5.78 Å². The third-order valence-electron chi connectivity index (χ3n) is 3.60. The molecule has 3 rings (SSSR count). The zero-order valence-electron chi connectivity index (χ0n) is 14.4. The minimum Gasteiger partial charge on any atom is -0.456 e. The molecule has 0 bridgehead atoms. The van der Waals surface area contributed by atoms with Gasteiger partial charge in [-0.1, -0.05) is 6.07 Å². The number of carbonyl (C=O) groups is 1. The maximum atomic E-state index is 12.5. The Morgan fingerprint density at radius 3 is 2.69 bits per heavy atom. The summed E-state index contributed by atoms with van der Waals surface area (Å²) in [5, 5.41) is 8.94. The van der Waals surface area contributed by atoms with E-state index in [1.54, 1.807) is 31.3 Å². The number of rotatable bonds is 5. The molecule has 0 aliphatic carbocycles. The third-order valence-corrected chi connectivity index (χ3v) is 3.60. The second-order valence-electron chi connectivity index (χ2n) is 5.88. The van der Waals surface area contributed by atoms with Gasteiger partial charge in [-0.25, -0.2) is 4.98 Å². The number of hydrogen-bond donors (Lipinski definition) is 0. The number of carbonyl (C=O) groups excluding carboxylic acids is 1. The predicted molar refractivity (Wildman–Crippen MR) is 95.0 cm³/mol. The van der Waals surface area contributed by atoms with Crippen molar-refractivity contribution in [2.75, 3.05) is 0 Å². The van der Waals surface area contributed by atoms with Crippen molar-refractivity contribution in [3.8, 4) is 17.6 Å². The fourth-order valence-corrected chi connectivity index (χ4v) is 2.37. The van der Waals surface area contributed by atoms with E-state index in [0.29, 0.717) is 34.1 Å². The van der Waals surface area contributed by atoms with Crippen LogP contribution in [0, 0.1) is 25.2 Å². The number of aryl methyl sites for hydroxylation is 2. The van der Waals surface area contributed by atoms with E-state index in [1.165, 1.54) is 12.4 Å². The molecule has 0 aromatic carbocycles. The van der Waals surface area contributed by atoms with E-state index in [4.69, 9.17) is 10.00 Å². The Balaban J connectivity index is 1.81. The molecule has 6 nitrogen and oxygen atoms in total. The summed E-state index contributed by atoms with van der Waals surface area (Å²) >= 11 is 0. The van der Waals surface area contributed by atoms with Crippen LogP contribution in [0.5, 0.6) is 11.5 Å². The van der Waals surface area contributed by atoms with Gasteiger partial charge < -0.3 is 4.74 Å². The summed E-state index contributed by atoms with van der Waals surface area (Å²) in [7, 11) is 0. The summed E-state index contributed by atoms with van der Waals surface area (Å²) < 4.78 is 5.74. The average molecular weight is 344 g/mol. The summed E-state index contributed by atoms with van der Waals surface area (Å²) in [6.07, 6.45) is 4.86. The molecule has 0 aliphatic rings. The lowest BCUT2D eigenvalue weighted by Crippen LogP contribution is -2.08. The minimum absolute atomic E-state index is 0.140. The zero-order valence-corrected chi connectivity index (χ0v) is 14.4. The first-order valence-electron chi connectivity index (χ1n) is 8.00. The maximum Gasteiger partial charge on any atom is 0.187 e. The molecule has 0 amide bonds. The fourth-order valence-electron chi connectivity index (χ4n) is 2.37. The molecule has 0 radical (unpaired) electrons. The molecule has 0 unspecified atom stereocenters. The van der Waals surface area contributed by atoms with E-state index >= 15 is 0 Å². The van der Waals surface area contributed by atoms with Crippen molar-refractivity contribution in [3.05, 3.63) is 77.1 Å². The summed E-state index contributed by atoms with van der Waals surface area (Å²) in [5.41, 5.74) is 3.10. The molecular weight excluding hydrogens is 328 g/mol. The van der Waals surface area contributed by atoms with Crippen molar-refractivity contribution in [1.82, 2.24) is 15.0 Å². The normalized spacial score (nSPS) is 10.2. The Bertz CT molecular complexity index is 991. The van der Waals surface area contributed by atoms with Crippen molar-refractivity contribution in [1.29, 1.82) is 5.26 Å². The number of ketones is 1. The minimum atomic E-state index is -0.140. The van der Waals surface area contributed by atoms with Gasteiger partial charge in [0.25, 0.3) is 0 Å². The number of pyridine rings is 3. The van der Waals surface area contributed by atoms with Crippen LogP contribution in [0.4, 0.5) is 0 Å². The first-order valence-corrected chi connectivity index (χ1v) is 8.00. The molecule has 0 spiro atoms. The van der Waals surface area contributed by atoms with E-state index in [9.17, 15) is 4.79 Å². The van der Waals surface area contributed by atoms with E-state index in [1.807, 2.05) is 25.1 Å². The van der Waals surface area contributed by atoms with Gasteiger partial charge >= 0.3 is 0 Å². The molecule has 0 saturated heterocycles. The first-order chi connectivity index (χ1) is 12.5. The van der Waals surface area contributed by atoms with Gasteiger partial charge in [-0.05, 0) is 25.5 Å². The number of aromatic nitrogens is 3. The van der Waals surface area contributed by atoms with Crippen LogP contribution in [0.1, 0.15) is 33.0 Å². The molecule has 0 N–H and O–H groups in total. The molecule has 3 aromatic rings. The van der Waals surface area contributed by atoms with Crippen molar-refractivity contribution < 1.29 is 9.53 Å². The summed E-state index contributed by atoms with van der Waals surface area (Å²) in [6, 6.07) is 10.7. The third kappa shape index (κ3) is 4.28. The highest BCUT2D eigenvalue weighted by Gasteiger charge is 2.12. The van der Waals surface area contributed by atoms with Crippen LogP contribution in [-0.2, 0) is 6.42 Å². The monoisotopic (exact) mass is 344 g/mol. The molecule has 6 heteroatoms. The van der Waals surface area contributed by atoms with E-state index in [-0.39, 0.29) is 12.2 Å². The van der Waals surface area contributed by atoms with Crippen molar-refractivity contribution in [3.63, 3.8) is 0 Å². The van der Waals surface area contributed by atoms with Gasteiger partial charge in [-0.3, -0.25) is 14.8 Å². The quantitative estimate of drug-likeness (QED) is 0.657. The molecule has 3 aromatic heterocycles. The Hall–Kier alpha value is -3.59. The highest BCUT2D eigenvalue weighted by molar-refractivity contribution is 5.95.